The lowest BCUT2D eigenvalue weighted by atomic mass is 9.93. The number of likely N-dealkylation sites (tertiary alicyclic amines) is 1. The molecule has 0 unspecified atom stereocenters. The molecule has 1 aliphatic heterocycles. The molecule has 3 rings (SSSR count). The number of nitrogens with one attached hydrogen (secondary N) is 1. The molecule has 2 atom stereocenters. The van der Waals surface area contributed by atoms with Gasteiger partial charge < -0.3 is 10.6 Å². The van der Waals surface area contributed by atoms with E-state index in [2.05, 4.69) is 4.72 Å². The molecule has 1 saturated carbocycles. The van der Waals surface area contributed by atoms with Crippen LogP contribution in [0.1, 0.15) is 32.1 Å². The van der Waals surface area contributed by atoms with E-state index < -0.39 is 10.0 Å². The second-order valence-corrected chi connectivity index (χ2v) is 8.78. The molecule has 2 aliphatic rings. The molecule has 1 amide bonds. The molecule has 1 aromatic rings. The van der Waals surface area contributed by atoms with Gasteiger partial charge in [-0.15, -0.1) is 12.4 Å². The molecule has 1 heterocycles. The van der Waals surface area contributed by atoms with Crippen molar-refractivity contribution in [1.82, 2.24) is 9.62 Å². The van der Waals surface area contributed by atoms with Gasteiger partial charge in [0.15, 0.2) is 0 Å². The van der Waals surface area contributed by atoms with Crippen molar-refractivity contribution in [2.45, 2.75) is 43.0 Å². The molecule has 0 aromatic heterocycles. The quantitative estimate of drug-likeness (QED) is 0.786. The van der Waals surface area contributed by atoms with Crippen molar-refractivity contribution < 1.29 is 13.2 Å². The molecule has 0 radical (unpaired) electrons. The van der Waals surface area contributed by atoms with Crippen LogP contribution in [0.2, 0.25) is 0 Å². The average Bonchev–Trinajstić information content (AvgIpc) is 3.11. The fourth-order valence-corrected chi connectivity index (χ4v) is 5.31. The highest BCUT2D eigenvalue weighted by molar-refractivity contribution is 7.89. The predicted molar refractivity (Wildman–Crippen MR) is 103 cm³/mol. The summed E-state index contributed by atoms with van der Waals surface area (Å²) in [5, 5.41) is 0. The number of rotatable bonds is 5. The van der Waals surface area contributed by atoms with Crippen LogP contribution in [0.3, 0.4) is 0 Å². The molecule has 0 spiro atoms. The summed E-state index contributed by atoms with van der Waals surface area (Å²) in [7, 11) is -3.50. The summed E-state index contributed by atoms with van der Waals surface area (Å²) in [6, 6.07) is 8.28. The standard InChI is InChI=1S/C18H27N3O3S.ClH/c19-13-14-5-4-8-17(14)18(22)21-11-9-15(10-12-21)20-25(23,24)16-6-2-1-3-7-16;/h1-3,6-7,14-15,17,20H,4-5,8-13,19H2;1H/t14-,17-;/m1./s1. The number of benzene rings is 1. The van der Waals surface area contributed by atoms with Crippen LogP contribution >= 0.6 is 12.4 Å². The minimum atomic E-state index is -3.50. The molecular formula is C18H28ClN3O3S. The summed E-state index contributed by atoms with van der Waals surface area (Å²) in [6.45, 7) is 1.78. The molecule has 0 bridgehead atoms. The molecule has 6 nitrogen and oxygen atoms in total. The summed E-state index contributed by atoms with van der Waals surface area (Å²) in [5.74, 6) is 0.571. The predicted octanol–water partition coefficient (Wildman–Crippen LogP) is 1.75. The Morgan fingerprint density at radius 3 is 2.38 bits per heavy atom. The van der Waals surface area contributed by atoms with E-state index in [-0.39, 0.29) is 35.2 Å². The molecular weight excluding hydrogens is 374 g/mol. The maximum absolute atomic E-state index is 12.7. The number of nitrogens with two attached hydrogens (primary N) is 1. The highest BCUT2D eigenvalue weighted by atomic mass is 35.5. The van der Waals surface area contributed by atoms with Gasteiger partial charge in [-0.05, 0) is 50.3 Å². The number of sulfonamides is 1. The number of hydrogen-bond acceptors (Lipinski definition) is 4. The van der Waals surface area contributed by atoms with Crippen molar-refractivity contribution in [3.8, 4) is 0 Å². The average molecular weight is 402 g/mol. The third-order valence-corrected chi connectivity index (χ3v) is 7.00. The summed E-state index contributed by atoms with van der Waals surface area (Å²) < 4.78 is 27.6. The van der Waals surface area contributed by atoms with Crippen molar-refractivity contribution in [3.05, 3.63) is 30.3 Å². The number of halogens is 1. The van der Waals surface area contributed by atoms with Gasteiger partial charge >= 0.3 is 0 Å². The van der Waals surface area contributed by atoms with Crippen molar-refractivity contribution >= 4 is 28.3 Å². The topological polar surface area (TPSA) is 92.5 Å². The number of hydrogen-bond donors (Lipinski definition) is 2. The molecule has 146 valence electrons. The monoisotopic (exact) mass is 401 g/mol. The van der Waals surface area contributed by atoms with Gasteiger partial charge in [0.05, 0.1) is 4.90 Å². The number of carbonyl (C=O) groups is 1. The lowest BCUT2D eigenvalue weighted by Gasteiger charge is -2.34. The highest BCUT2D eigenvalue weighted by Gasteiger charge is 2.36. The van der Waals surface area contributed by atoms with Gasteiger partial charge in [-0.1, -0.05) is 24.6 Å². The molecule has 1 saturated heterocycles. The molecule has 8 heteroatoms. The first-order valence-electron chi connectivity index (χ1n) is 9.07. The largest absolute Gasteiger partial charge is 0.342 e. The zero-order chi connectivity index (χ0) is 17.9. The molecule has 3 N–H and O–H groups in total. The fourth-order valence-electron chi connectivity index (χ4n) is 3.98. The Morgan fingerprint density at radius 1 is 1.12 bits per heavy atom. The minimum Gasteiger partial charge on any atom is -0.342 e. The lowest BCUT2D eigenvalue weighted by Crippen LogP contribution is -2.48. The van der Waals surface area contributed by atoms with Crippen molar-refractivity contribution in [2.24, 2.45) is 17.6 Å². The van der Waals surface area contributed by atoms with Crippen molar-refractivity contribution in [3.63, 3.8) is 0 Å². The molecule has 1 aliphatic carbocycles. The Morgan fingerprint density at radius 2 is 1.77 bits per heavy atom. The van der Waals surface area contributed by atoms with E-state index in [0.29, 0.717) is 38.4 Å². The van der Waals surface area contributed by atoms with Gasteiger partial charge in [-0.3, -0.25) is 4.79 Å². The van der Waals surface area contributed by atoms with Crippen LogP contribution in [0.15, 0.2) is 35.2 Å². The van der Waals surface area contributed by atoms with Crippen molar-refractivity contribution in [2.75, 3.05) is 19.6 Å². The Bertz CT molecular complexity index is 691. The van der Waals surface area contributed by atoms with E-state index in [1.165, 1.54) is 0 Å². The lowest BCUT2D eigenvalue weighted by molar-refractivity contribution is -0.137. The first kappa shape index (κ1) is 21.2. The molecule has 1 aromatic carbocycles. The van der Waals surface area contributed by atoms with E-state index in [9.17, 15) is 13.2 Å². The van der Waals surface area contributed by atoms with E-state index in [4.69, 9.17) is 5.73 Å². The Balaban J connectivity index is 0.00000243. The summed E-state index contributed by atoms with van der Waals surface area (Å²) >= 11 is 0. The van der Waals surface area contributed by atoms with Crippen LogP contribution in [0.25, 0.3) is 0 Å². The van der Waals surface area contributed by atoms with Gasteiger partial charge in [0.25, 0.3) is 0 Å². The Hall–Kier alpha value is -1.15. The van der Waals surface area contributed by atoms with E-state index in [1.807, 2.05) is 4.90 Å². The maximum atomic E-state index is 12.7. The van der Waals surface area contributed by atoms with Crippen LogP contribution < -0.4 is 10.5 Å². The number of carbonyl (C=O) groups excluding carboxylic acids is 1. The van der Waals surface area contributed by atoms with E-state index in [0.717, 1.165) is 19.3 Å². The second-order valence-electron chi connectivity index (χ2n) is 7.07. The first-order valence-corrected chi connectivity index (χ1v) is 10.6. The van der Waals surface area contributed by atoms with Gasteiger partial charge in [0.2, 0.25) is 15.9 Å². The Kier molecular flexibility index (Phi) is 7.46. The number of nitrogens with zero attached hydrogens (tertiary/aromatic N) is 1. The van der Waals surface area contributed by atoms with Gasteiger partial charge in [0.1, 0.15) is 0 Å². The number of piperidine rings is 1. The third kappa shape index (κ3) is 4.76. The van der Waals surface area contributed by atoms with Crippen molar-refractivity contribution in [1.29, 1.82) is 0 Å². The fraction of sp³-hybridized carbons (Fsp3) is 0.611. The summed E-state index contributed by atoms with van der Waals surface area (Å²) in [4.78, 5) is 14.9. The van der Waals surface area contributed by atoms with Gasteiger partial charge in [0, 0.05) is 25.0 Å². The van der Waals surface area contributed by atoms with E-state index >= 15 is 0 Å². The van der Waals surface area contributed by atoms with Crippen LogP contribution in [0, 0.1) is 11.8 Å². The third-order valence-electron chi connectivity index (χ3n) is 5.46. The van der Waals surface area contributed by atoms with Crippen LogP contribution in [0.5, 0.6) is 0 Å². The van der Waals surface area contributed by atoms with Crippen LogP contribution in [-0.2, 0) is 14.8 Å². The zero-order valence-electron chi connectivity index (χ0n) is 14.8. The normalized spacial score (nSPS) is 24.3. The SMILES string of the molecule is Cl.NC[C@H]1CCC[C@H]1C(=O)N1CCC(NS(=O)(=O)c2ccccc2)CC1. The maximum Gasteiger partial charge on any atom is 0.240 e. The van der Waals surface area contributed by atoms with E-state index in [1.54, 1.807) is 30.3 Å². The van der Waals surface area contributed by atoms with Gasteiger partial charge in [-0.2, -0.15) is 0 Å². The number of amides is 1. The molecule has 2 fully saturated rings. The highest BCUT2D eigenvalue weighted by Crippen LogP contribution is 2.33. The Labute approximate surface area is 162 Å². The van der Waals surface area contributed by atoms with Crippen LogP contribution in [-0.4, -0.2) is 44.9 Å². The summed E-state index contributed by atoms with van der Waals surface area (Å²) in [6.07, 6.45) is 4.35. The van der Waals surface area contributed by atoms with Gasteiger partial charge in [-0.25, -0.2) is 13.1 Å². The van der Waals surface area contributed by atoms with Crippen LogP contribution in [0.4, 0.5) is 0 Å². The summed E-state index contributed by atoms with van der Waals surface area (Å²) in [5.41, 5.74) is 5.79. The second kappa shape index (κ2) is 9.17. The first-order chi connectivity index (χ1) is 12.0. The smallest absolute Gasteiger partial charge is 0.240 e. The molecule has 26 heavy (non-hydrogen) atoms. The minimum absolute atomic E-state index is 0. The zero-order valence-corrected chi connectivity index (χ0v) is 16.5.